The summed E-state index contributed by atoms with van der Waals surface area (Å²) in [6, 6.07) is 0. The smallest absolute Gasteiger partial charge is 1.00 e. The summed E-state index contributed by atoms with van der Waals surface area (Å²) in [5.74, 6) is -1.21. The number of hydrogen-bond donors (Lipinski definition) is 2. The van der Waals surface area contributed by atoms with E-state index in [0.29, 0.717) is 0 Å². The van der Waals surface area contributed by atoms with Gasteiger partial charge in [-0.05, 0) is 0 Å². The van der Waals surface area contributed by atoms with Gasteiger partial charge in [0.2, 0.25) is 0 Å². The van der Waals surface area contributed by atoms with Crippen molar-refractivity contribution in [3.8, 4) is 0 Å². The molecule has 0 aliphatic carbocycles. The Kier molecular flexibility index (Phi) is 27.0. The van der Waals surface area contributed by atoms with E-state index in [4.69, 9.17) is 10.2 Å². The summed E-state index contributed by atoms with van der Waals surface area (Å²) in [4.78, 5) is 18.9. The van der Waals surface area contributed by atoms with Crippen LogP contribution in [0.1, 0.15) is 28.6 Å². The molecule has 0 radical (unpaired) electrons. The quantitative estimate of drug-likeness (QED) is 0.262. The van der Waals surface area contributed by atoms with E-state index in [9.17, 15) is 9.59 Å². The predicted molar refractivity (Wildman–Crippen MR) is 41.3 cm³/mol. The van der Waals surface area contributed by atoms with E-state index >= 15 is 0 Å². The molecule has 0 bridgehead atoms. The van der Waals surface area contributed by atoms with E-state index in [-0.39, 0.29) is 49.8 Å². The monoisotopic (exact) mass is 192 g/mol. The summed E-state index contributed by atoms with van der Waals surface area (Å²) in [5.41, 5.74) is 0. The first-order valence-electron chi connectivity index (χ1n) is 3.06. The largest absolute Gasteiger partial charge is 1.00 e. The Morgan fingerprint density at radius 1 is 1.15 bits per heavy atom. The number of hydrogen-bond acceptors (Lipinski definition) is 2. The predicted octanol–water partition coefficient (Wildman–Crippen LogP) is -4.71. The van der Waals surface area contributed by atoms with Gasteiger partial charge < -0.3 is 17.6 Å². The van der Waals surface area contributed by atoms with Crippen molar-refractivity contribution in [1.29, 1.82) is 0 Å². The zero-order valence-corrected chi connectivity index (χ0v) is 10.9. The van der Waals surface area contributed by atoms with Crippen LogP contribution in [0.5, 0.6) is 0 Å². The van der Waals surface area contributed by atoms with Gasteiger partial charge >= 0.3 is 60.4 Å². The summed E-state index contributed by atoms with van der Waals surface area (Å²) in [6.45, 7) is 6.25. The molecule has 0 heterocycles. The Morgan fingerprint density at radius 3 is 1.31 bits per heavy atom. The molecule has 0 saturated carbocycles. The molecule has 0 aromatic rings. The molecule has 0 saturated heterocycles. The Balaban J connectivity index is -0.0000000347. The molecule has 2 N–H and O–H groups in total. The van der Waals surface area contributed by atoms with Crippen LogP contribution >= 0.6 is 0 Å². The fourth-order valence-electron chi connectivity index (χ4n) is 0.129. The van der Waals surface area contributed by atoms with Crippen molar-refractivity contribution < 1.29 is 69.6 Å². The molecule has 0 aliphatic heterocycles. The number of carbonyl (C=O) groups is 2. The molecule has 68 valence electrons. The molecule has 0 spiro atoms. The molecule has 0 aliphatic rings. The van der Waals surface area contributed by atoms with Gasteiger partial charge in [-0.2, -0.15) is 20.8 Å². The van der Waals surface area contributed by atoms with Crippen LogP contribution in [0.4, 0.5) is 0 Å². The maximum atomic E-state index is 9.43. The molecule has 0 aromatic carbocycles. The molecule has 13 heavy (non-hydrogen) atoms. The van der Waals surface area contributed by atoms with E-state index in [0.717, 1.165) is 0 Å². The second-order valence-electron chi connectivity index (χ2n) is 2.46. The Morgan fingerprint density at radius 2 is 1.31 bits per heavy atom. The fraction of sp³-hybridized carbons (Fsp3) is 0.571. The molecule has 0 aromatic heterocycles. The molecule has 0 fully saturated rings. The van der Waals surface area contributed by atoms with E-state index in [2.05, 4.69) is 20.8 Å². The standard InChI is InChI=1S/C4H9.C3H4O4.Li.Na.H/c1-4(2)3;4-2(5)1-3(6)7;;;/h1-3H3;1H2,(H,4,5)(H,6,7);;;/q-1;;2*+1;-1. The maximum Gasteiger partial charge on any atom is 1.00 e. The van der Waals surface area contributed by atoms with Crippen LogP contribution in [0.25, 0.3) is 0 Å². The van der Waals surface area contributed by atoms with Crippen molar-refractivity contribution in [3.05, 3.63) is 5.92 Å². The van der Waals surface area contributed by atoms with Gasteiger partial charge in [-0.1, -0.05) is 0 Å². The third-order valence-electron chi connectivity index (χ3n) is 0.302. The van der Waals surface area contributed by atoms with Crippen LogP contribution in [0, 0.1) is 5.92 Å². The minimum atomic E-state index is -1.31. The van der Waals surface area contributed by atoms with Crippen LogP contribution in [-0.2, 0) is 9.59 Å². The summed E-state index contributed by atoms with van der Waals surface area (Å²) < 4.78 is 0. The van der Waals surface area contributed by atoms with Gasteiger partial charge in [0.25, 0.3) is 0 Å². The van der Waals surface area contributed by atoms with E-state index in [1.165, 1.54) is 5.92 Å². The van der Waals surface area contributed by atoms with Crippen LogP contribution in [0.3, 0.4) is 0 Å². The average molecular weight is 192 g/mol. The summed E-state index contributed by atoms with van der Waals surface area (Å²) in [6.07, 6.45) is -0.806. The van der Waals surface area contributed by atoms with Crippen LogP contribution < -0.4 is 48.4 Å². The van der Waals surface area contributed by atoms with Crippen molar-refractivity contribution in [2.75, 3.05) is 0 Å². The second-order valence-corrected chi connectivity index (χ2v) is 2.46. The fourth-order valence-corrected chi connectivity index (χ4v) is 0.129. The first-order chi connectivity index (χ1) is 4.86. The maximum absolute atomic E-state index is 9.43. The molecular weight excluding hydrogens is 178 g/mol. The van der Waals surface area contributed by atoms with Gasteiger partial charge in [-0.25, -0.2) is 0 Å². The van der Waals surface area contributed by atoms with Gasteiger partial charge in [-0.3, -0.25) is 9.59 Å². The van der Waals surface area contributed by atoms with E-state index in [1.807, 2.05) is 0 Å². The molecule has 0 amide bonds. The molecule has 0 atom stereocenters. The van der Waals surface area contributed by atoms with Crippen molar-refractivity contribution >= 4 is 11.9 Å². The van der Waals surface area contributed by atoms with Crippen molar-refractivity contribution in [2.45, 2.75) is 27.2 Å². The van der Waals surface area contributed by atoms with Gasteiger partial charge in [0.15, 0.2) is 0 Å². The minimum absolute atomic E-state index is 0. The average Bonchev–Trinajstić information content (AvgIpc) is 1.56. The third-order valence-corrected chi connectivity index (χ3v) is 0.302. The number of rotatable bonds is 2. The van der Waals surface area contributed by atoms with Crippen LogP contribution in [0.15, 0.2) is 0 Å². The Labute approximate surface area is 114 Å². The molecule has 4 nitrogen and oxygen atoms in total. The number of carboxylic acid groups (broad SMARTS) is 2. The van der Waals surface area contributed by atoms with Crippen molar-refractivity contribution in [3.63, 3.8) is 0 Å². The van der Waals surface area contributed by atoms with Crippen molar-refractivity contribution in [1.82, 2.24) is 0 Å². The summed E-state index contributed by atoms with van der Waals surface area (Å²) in [7, 11) is 0. The Hall–Kier alpha value is 0.537. The zero-order valence-electron chi connectivity index (χ0n) is 9.92. The van der Waals surface area contributed by atoms with Gasteiger partial charge in [0, 0.05) is 0 Å². The SMILES string of the molecule is C[C-](C)C.O=C(O)CC(=O)O.[H-].[Li+].[Na+]. The summed E-state index contributed by atoms with van der Waals surface area (Å²) >= 11 is 0. The third kappa shape index (κ3) is 67.6. The Bertz CT molecular complexity index is 129. The minimum Gasteiger partial charge on any atom is -1.00 e. The number of carboxylic acids is 2. The molecule has 6 heteroatoms. The van der Waals surface area contributed by atoms with E-state index < -0.39 is 18.4 Å². The second kappa shape index (κ2) is 15.0. The zero-order chi connectivity index (χ0) is 9.44. The van der Waals surface area contributed by atoms with Gasteiger partial charge in [0.1, 0.15) is 6.42 Å². The first kappa shape index (κ1) is 23.4. The van der Waals surface area contributed by atoms with Gasteiger partial charge in [0.05, 0.1) is 0 Å². The van der Waals surface area contributed by atoms with Crippen LogP contribution in [0.2, 0.25) is 0 Å². The molecule has 0 rings (SSSR count). The normalized spacial score (nSPS) is 7.08. The topological polar surface area (TPSA) is 74.6 Å². The van der Waals surface area contributed by atoms with Crippen LogP contribution in [-0.4, -0.2) is 22.2 Å². The van der Waals surface area contributed by atoms with E-state index in [1.54, 1.807) is 0 Å². The molecular formula is C7H14LiNaO4. The first-order valence-corrected chi connectivity index (χ1v) is 3.06. The number of aliphatic carboxylic acids is 2. The van der Waals surface area contributed by atoms with Crippen molar-refractivity contribution in [2.24, 2.45) is 0 Å². The molecule has 0 unspecified atom stereocenters. The summed E-state index contributed by atoms with van der Waals surface area (Å²) in [5, 5.41) is 15.4. The van der Waals surface area contributed by atoms with Gasteiger partial charge in [-0.15, -0.1) is 0 Å².